The van der Waals surface area contributed by atoms with Gasteiger partial charge in [0.15, 0.2) is 11.5 Å². The third-order valence-electron chi connectivity index (χ3n) is 3.54. The summed E-state index contributed by atoms with van der Waals surface area (Å²) in [5, 5.41) is 13.4. The van der Waals surface area contributed by atoms with Crippen molar-refractivity contribution in [2.24, 2.45) is 0 Å². The molecule has 3 rings (SSSR count). The van der Waals surface area contributed by atoms with E-state index in [2.05, 4.69) is 40.3 Å². The molecule has 0 bridgehead atoms. The molecule has 21 heavy (non-hydrogen) atoms. The monoisotopic (exact) mass is 349 g/mol. The molecule has 0 radical (unpaired) electrons. The predicted octanol–water partition coefficient (Wildman–Crippen LogP) is 3.73. The highest BCUT2D eigenvalue weighted by Gasteiger charge is 2.17. The van der Waals surface area contributed by atoms with Gasteiger partial charge in [0.2, 0.25) is 6.79 Å². The summed E-state index contributed by atoms with van der Waals surface area (Å²) < 4.78 is 11.6. The molecule has 0 saturated heterocycles. The normalized spacial score (nSPS) is 14.2. The zero-order valence-corrected chi connectivity index (χ0v) is 13.2. The zero-order valence-electron chi connectivity index (χ0n) is 11.6. The molecule has 0 saturated carbocycles. The molecule has 2 aromatic carbocycles. The molecule has 0 aliphatic carbocycles. The number of rotatable bonds is 4. The topological polar surface area (TPSA) is 50.7 Å². The molecule has 1 heterocycles. The van der Waals surface area contributed by atoms with Crippen LogP contribution in [0.4, 0.5) is 0 Å². The Balaban J connectivity index is 1.68. The van der Waals surface area contributed by atoms with Crippen LogP contribution in [0.5, 0.6) is 17.2 Å². The SMILES string of the molecule is C[C@@H](NCc1cc2c(cc1O)OCO2)c1ccc(Br)cc1. The van der Waals surface area contributed by atoms with E-state index in [4.69, 9.17) is 9.47 Å². The van der Waals surface area contributed by atoms with Crippen LogP contribution in [-0.2, 0) is 6.54 Å². The Labute approximate surface area is 131 Å². The fourth-order valence-corrected chi connectivity index (χ4v) is 2.51. The first-order valence-electron chi connectivity index (χ1n) is 6.74. The van der Waals surface area contributed by atoms with Crippen LogP contribution in [0.25, 0.3) is 0 Å². The molecule has 1 atom stereocenters. The fraction of sp³-hybridized carbons (Fsp3) is 0.250. The van der Waals surface area contributed by atoms with Crippen molar-refractivity contribution in [2.75, 3.05) is 6.79 Å². The Kier molecular flexibility index (Phi) is 4.03. The molecule has 1 aliphatic rings. The maximum atomic E-state index is 10.0. The average molecular weight is 350 g/mol. The second kappa shape index (κ2) is 5.95. The smallest absolute Gasteiger partial charge is 0.231 e. The highest BCUT2D eigenvalue weighted by molar-refractivity contribution is 9.10. The van der Waals surface area contributed by atoms with E-state index < -0.39 is 0 Å². The Bertz CT molecular complexity index is 643. The van der Waals surface area contributed by atoms with Crippen LogP contribution < -0.4 is 14.8 Å². The van der Waals surface area contributed by atoms with Crippen molar-refractivity contribution in [3.63, 3.8) is 0 Å². The Morgan fingerprint density at radius 1 is 1.19 bits per heavy atom. The van der Waals surface area contributed by atoms with Gasteiger partial charge in [-0.2, -0.15) is 0 Å². The number of nitrogens with one attached hydrogen (secondary N) is 1. The lowest BCUT2D eigenvalue weighted by Crippen LogP contribution is -2.18. The first-order chi connectivity index (χ1) is 10.1. The molecule has 0 fully saturated rings. The third-order valence-corrected chi connectivity index (χ3v) is 4.07. The van der Waals surface area contributed by atoms with Crippen molar-refractivity contribution < 1.29 is 14.6 Å². The van der Waals surface area contributed by atoms with E-state index in [1.54, 1.807) is 6.07 Å². The second-order valence-corrected chi connectivity index (χ2v) is 5.90. The van der Waals surface area contributed by atoms with Gasteiger partial charge in [0.1, 0.15) is 5.75 Å². The number of hydrogen-bond acceptors (Lipinski definition) is 4. The van der Waals surface area contributed by atoms with E-state index in [1.165, 1.54) is 5.56 Å². The minimum atomic E-state index is 0.183. The number of benzene rings is 2. The van der Waals surface area contributed by atoms with Crippen molar-refractivity contribution in [2.45, 2.75) is 19.5 Å². The van der Waals surface area contributed by atoms with E-state index in [0.717, 1.165) is 10.0 Å². The van der Waals surface area contributed by atoms with E-state index >= 15 is 0 Å². The summed E-state index contributed by atoms with van der Waals surface area (Å²) in [6, 6.07) is 11.8. The lowest BCUT2D eigenvalue weighted by molar-refractivity contribution is 0.174. The number of phenols is 1. The standard InChI is InChI=1S/C16H16BrNO3/c1-10(11-2-4-13(17)5-3-11)18-8-12-6-15-16(7-14(12)19)21-9-20-15/h2-7,10,18-19H,8-9H2,1H3/t10-/m1/s1. The van der Waals surface area contributed by atoms with Gasteiger partial charge in [-0.3, -0.25) is 0 Å². The maximum Gasteiger partial charge on any atom is 0.231 e. The van der Waals surface area contributed by atoms with Crippen molar-refractivity contribution >= 4 is 15.9 Å². The first-order valence-corrected chi connectivity index (χ1v) is 7.53. The van der Waals surface area contributed by atoms with E-state index in [9.17, 15) is 5.11 Å². The number of fused-ring (bicyclic) bond motifs is 1. The van der Waals surface area contributed by atoms with Crippen LogP contribution >= 0.6 is 15.9 Å². The largest absolute Gasteiger partial charge is 0.507 e. The number of phenolic OH excluding ortho intramolecular Hbond substituents is 1. The molecule has 2 aromatic rings. The van der Waals surface area contributed by atoms with E-state index in [1.807, 2.05) is 18.2 Å². The Morgan fingerprint density at radius 2 is 1.86 bits per heavy atom. The van der Waals surface area contributed by atoms with Crippen LogP contribution in [-0.4, -0.2) is 11.9 Å². The quantitative estimate of drug-likeness (QED) is 0.882. The lowest BCUT2D eigenvalue weighted by Gasteiger charge is -2.15. The van der Waals surface area contributed by atoms with Crippen molar-refractivity contribution in [1.82, 2.24) is 5.32 Å². The predicted molar refractivity (Wildman–Crippen MR) is 83.6 cm³/mol. The van der Waals surface area contributed by atoms with Crippen molar-refractivity contribution in [3.05, 3.63) is 52.0 Å². The summed E-state index contributed by atoms with van der Waals surface area (Å²) >= 11 is 3.43. The molecule has 2 N–H and O–H groups in total. The van der Waals surface area contributed by atoms with Crippen LogP contribution in [0, 0.1) is 0 Å². The summed E-state index contributed by atoms with van der Waals surface area (Å²) in [6.45, 7) is 2.86. The Hall–Kier alpha value is -1.72. The molecule has 0 spiro atoms. The fourth-order valence-electron chi connectivity index (χ4n) is 2.25. The number of hydrogen-bond donors (Lipinski definition) is 2. The molecule has 1 aliphatic heterocycles. The first kappa shape index (κ1) is 14.2. The minimum Gasteiger partial charge on any atom is -0.507 e. The van der Waals surface area contributed by atoms with Crippen LogP contribution in [0.15, 0.2) is 40.9 Å². The number of aromatic hydroxyl groups is 1. The van der Waals surface area contributed by atoms with Crippen molar-refractivity contribution in [3.8, 4) is 17.2 Å². The van der Waals surface area contributed by atoms with Crippen LogP contribution in [0.3, 0.4) is 0 Å². The Morgan fingerprint density at radius 3 is 2.57 bits per heavy atom. The third kappa shape index (κ3) is 3.14. The van der Waals surface area contributed by atoms with Crippen LogP contribution in [0.1, 0.15) is 24.1 Å². The van der Waals surface area contributed by atoms with E-state index in [-0.39, 0.29) is 18.6 Å². The minimum absolute atomic E-state index is 0.183. The van der Waals surface area contributed by atoms with Gasteiger partial charge >= 0.3 is 0 Å². The average Bonchev–Trinajstić information content (AvgIpc) is 2.92. The number of halogens is 1. The van der Waals surface area contributed by atoms with Gasteiger partial charge in [-0.25, -0.2) is 0 Å². The molecule has 0 unspecified atom stereocenters. The highest BCUT2D eigenvalue weighted by atomic mass is 79.9. The molecule has 110 valence electrons. The molecule has 0 amide bonds. The van der Waals surface area contributed by atoms with Gasteiger partial charge < -0.3 is 19.9 Å². The van der Waals surface area contributed by atoms with Gasteiger partial charge in [0.05, 0.1) is 0 Å². The van der Waals surface area contributed by atoms with Gasteiger partial charge in [-0.05, 0) is 30.7 Å². The molecular weight excluding hydrogens is 334 g/mol. The van der Waals surface area contributed by atoms with Crippen molar-refractivity contribution in [1.29, 1.82) is 0 Å². The molecule has 4 nitrogen and oxygen atoms in total. The van der Waals surface area contributed by atoms with Gasteiger partial charge in [0, 0.05) is 28.7 Å². The molecule has 0 aromatic heterocycles. The summed E-state index contributed by atoms with van der Waals surface area (Å²) in [6.07, 6.45) is 0. The number of ether oxygens (including phenoxy) is 2. The molecule has 5 heteroatoms. The summed E-state index contributed by atoms with van der Waals surface area (Å²) in [5.41, 5.74) is 1.99. The van der Waals surface area contributed by atoms with Gasteiger partial charge in [-0.15, -0.1) is 0 Å². The summed E-state index contributed by atoms with van der Waals surface area (Å²) in [7, 11) is 0. The maximum absolute atomic E-state index is 10.0. The zero-order chi connectivity index (χ0) is 14.8. The highest BCUT2D eigenvalue weighted by Crippen LogP contribution is 2.37. The lowest BCUT2D eigenvalue weighted by atomic mass is 10.1. The summed E-state index contributed by atoms with van der Waals surface area (Å²) in [4.78, 5) is 0. The summed E-state index contributed by atoms with van der Waals surface area (Å²) in [5.74, 6) is 1.49. The second-order valence-electron chi connectivity index (χ2n) is 4.99. The van der Waals surface area contributed by atoms with Crippen LogP contribution in [0.2, 0.25) is 0 Å². The van der Waals surface area contributed by atoms with E-state index in [0.29, 0.717) is 18.0 Å². The van der Waals surface area contributed by atoms with Gasteiger partial charge in [0.25, 0.3) is 0 Å². The van der Waals surface area contributed by atoms with Gasteiger partial charge in [-0.1, -0.05) is 28.1 Å². The molecular formula is C16H16BrNO3.